The smallest absolute Gasteiger partial charge is 0.184 e. The van der Waals surface area contributed by atoms with Crippen molar-refractivity contribution in [2.45, 2.75) is 0 Å². The van der Waals surface area contributed by atoms with Crippen LogP contribution in [-0.2, 0) is 0 Å². The maximum absolute atomic E-state index is 10.9. The number of rotatable bonds is 3. The minimum absolute atomic E-state index is 0.375. The van der Waals surface area contributed by atoms with Crippen LogP contribution in [0.5, 0.6) is 0 Å². The first-order valence-electron chi connectivity index (χ1n) is 7.96. The molecule has 0 spiro atoms. The summed E-state index contributed by atoms with van der Waals surface area (Å²) in [4.78, 5) is 20.0. The predicted molar refractivity (Wildman–Crippen MR) is 91.8 cm³/mol. The minimum Gasteiger partial charge on any atom is -0.369 e. The number of aromatic nitrogens is 4. The molecule has 1 aromatic carbocycles. The highest BCUT2D eigenvalue weighted by Crippen LogP contribution is 2.20. The van der Waals surface area contributed by atoms with Gasteiger partial charge in [0.25, 0.3) is 0 Å². The average molecular weight is 322 g/mol. The van der Waals surface area contributed by atoms with E-state index >= 15 is 0 Å². The second-order valence-electron chi connectivity index (χ2n) is 6.00. The number of benzene rings is 1. The molecule has 0 bridgehead atoms. The van der Waals surface area contributed by atoms with Crippen molar-refractivity contribution in [3.05, 3.63) is 42.1 Å². The molecule has 1 aliphatic rings. The van der Waals surface area contributed by atoms with E-state index in [1.54, 1.807) is 16.8 Å². The summed E-state index contributed by atoms with van der Waals surface area (Å²) in [6, 6.07) is 11.6. The zero-order valence-corrected chi connectivity index (χ0v) is 13.5. The van der Waals surface area contributed by atoms with Crippen LogP contribution in [0.4, 0.5) is 5.69 Å². The van der Waals surface area contributed by atoms with Crippen molar-refractivity contribution < 1.29 is 4.79 Å². The summed E-state index contributed by atoms with van der Waals surface area (Å²) >= 11 is 0. The van der Waals surface area contributed by atoms with E-state index in [0.29, 0.717) is 16.9 Å². The number of hydrogen-bond acceptors (Lipinski definition) is 6. The number of aldehydes is 1. The molecule has 0 aliphatic carbocycles. The SMILES string of the molecule is CN1CCN(c2ccc(-n3nnc4ccc(C=O)nc43)cc2)CC1. The fourth-order valence-corrected chi connectivity index (χ4v) is 2.93. The highest BCUT2D eigenvalue weighted by molar-refractivity contribution is 5.79. The van der Waals surface area contributed by atoms with Gasteiger partial charge in [0.05, 0.1) is 5.69 Å². The third kappa shape index (κ3) is 2.63. The number of anilines is 1. The molecule has 0 saturated carbocycles. The minimum atomic E-state index is 0.375. The van der Waals surface area contributed by atoms with Gasteiger partial charge in [-0.05, 0) is 43.4 Å². The van der Waals surface area contributed by atoms with Crippen LogP contribution in [0, 0.1) is 0 Å². The zero-order chi connectivity index (χ0) is 16.5. The fourth-order valence-electron chi connectivity index (χ4n) is 2.93. The van der Waals surface area contributed by atoms with Gasteiger partial charge in [-0.15, -0.1) is 5.10 Å². The molecule has 0 amide bonds. The van der Waals surface area contributed by atoms with Crippen LogP contribution in [0.3, 0.4) is 0 Å². The number of nitrogens with zero attached hydrogens (tertiary/aromatic N) is 6. The normalized spacial score (nSPS) is 15.8. The molecule has 1 fully saturated rings. The number of piperazine rings is 1. The lowest BCUT2D eigenvalue weighted by Gasteiger charge is -2.34. The Morgan fingerprint density at radius 1 is 0.958 bits per heavy atom. The molecule has 7 nitrogen and oxygen atoms in total. The highest BCUT2D eigenvalue weighted by Gasteiger charge is 2.15. The molecule has 0 atom stereocenters. The monoisotopic (exact) mass is 322 g/mol. The summed E-state index contributed by atoms with van der Waals surface area (Å²) in [7, 11) is 2.15. The van der Waals surface area contributed by atoms with E-state index in [9.17, 15) is 4.79 Å². The molecule has 3 heterocycles. The average Bonchev–Trinajstić information content (AvgIpc) is 3.05. The molecule has 7 heteroatoms. The molecule has 2 aromatic heterocycles. The summed E-state index contributed by atoms with van der Waals surface area (Å²) in [5, 5.41) is 8.27. The molecular weight excluding hydrogens is 304 g/mol. The van der Waals surface area contributed by atoms with Gasteiger partial charge in [0.15, 0.2) is 11.9 Å². The van der Waals surface area contributed by atoms with Gasteiger partial charge in [-0.2, -0.15) is 4.68 Å². The van der Waals surface area contributed by atoms with Gasteiger partial charge in [0, 0.05) is 31.9 Å². The van der Waals surface area contributed by atoms with E-state index in [-0.39, 0.29) is 0 Å². The van der Waals surface area contributed by atoms with Crippen molar-refractivity contribution in [3.8, 4) is 5.69 Å². The van der Waals surface area contributed by atoms with Gasteiger partial charge in [-0.1, -0.05) is 5.21 Å². The summed E-state index contributed by atoms with van der Waals surface area (Å²) in [6.07, 6.45) is 0.729. The van der Waals surface area contributed by atoms with E-state index in [1.807, 2.05) is 12.1 Å². The lowest BCUT2D eigenvalue weighted by atomic mass is 10.2. The Bertz CT molecular complexity index is 864. The molecule has 1 saturated heterocycles. The highest BCUT2D eigenvalue weighted by atomic mass is 16.1. The van der Waals surface area contributed by atoms with Crippen molar-refractivity contribution in [1.29, 1.82) is 0 Å². The topological polar surface area (TPSA) is 67.2 Å². The van der Waals surface area contributed by atoms with Gasteiger partial charge >= 0.3 is 0 Å². The molecule has 0 unspecified atom stereocenters. The number of likely N-dealkylation sites (N-methyl/N-ethyl adjacent to an activating group) is 1. The quantitative estimate of drug-likeness (QED) is 0.679. The largest absolute Gasteiger partial charge is 0.369 e. The van der Waals surface area contributed by atoms with Gasteiger partial charge in [-0.3, -0.25) is 4.79 Å². The van der Waals surface area contributed by atoms with Crippen LogP contribution in [0.2, 0.25) is 0 Å². The first-order valence-corrected chi connectivity index (χ1v) is 7.96. The maximum atomic E-state index is 10.9. The number of hydrogen-bond donors (Lipinski definition) is 0. The molecular formula is C17H18N6O. The Labute approximate surface area is 139 Å². The van der Waals surface area contributed by atoms with Gasteiger partial charge < -0.3 is 9.80 Å². The second-order valence-corrected chi connectivity index (χ2v) is 6.00. The van der Waals surface area contributed by atoms with Crippen LogP contribution >= 0.6 is 0 Å². The van der Waals surface area contributed by atoms with Crippen LogP contribution in [0.25, 0.3) is 16.9 Å². The third-order valence-corrected chi connectivity index (χ3v) is 4.40. The number of fused-ring (bicyclic) bond motifs is 1. The van der Waals surface area contributed by atoms with E-state index in [0.717, 1.165) is 38.2 Å². The number of carbonyl (C=O) groups excluding carboxylic acids is 1. The first kappa shape index (κ1) is 14.8. The standard InChI is InChI=1S/C17H18N6O/c1-21-8-10-22(11-9-21)14-3-5-15(6-4-14)23-17-16(19-20-23)7-2-13(12-24)18-17/h2-7,12H,8-11H2,1H3. The van der Waals surface area contributed by atoms with E-state index in [1.165, 1.54) is 5.69 Å². The van der Waals surface area contributed by atoms with Crippen molar-refractivity contribution in [2.75, 3.05) is 38.1 Å². The van der Waals surface area contributed by atoms with E-state index in [4.69, 9.17) is 0 Å². The summed E-state index contributed by atoms with van der Waals surface area (Å²) < 4.78 is 1.66. The molecule has 3 aromatic rings. The molecule has 4 rings (SSSR count). The lowest BCUT2D eigenvalue weighted by molar-refractivity contribution is 0.111. The van der Waals surface area contributed by atoms with Crippen LogP contribution in [0.15, 0.2) is 36.4 Å². The Hall–Kier alpha value is -2.80. The molecule has 24 heavy (non-hydrogen) atoms. The van der Waals surface area contributed by atoms with E-state index < -0.39 is 0 Å². The Morgan fingerprint density at radius 2 is 1.67 bits per heavy atom. The zero-order valence-electron chi connectivity index (χ0n) is 13.5. The Balaban J connectivity index is 1.64. The predicted octanol–water partition coefficient (Wildman–Crippen LogP) is 1.38. The van der Waals surface area contributed by atoms with Crippen molar-refractivity contribution in [1.82, 2.24) is 24.9 Å². The lowest BCUT2D eigenvalue weighted by Crippen LogP contribution is -2.44. The van der Waals surface area contributed by atoms with E-state index in [2.05, 4.69) is 44.3 Å². The van der Waals surface area contributed by atoms with Gasteiger partial charge in [-0.25, -0.2) is 4.98 Å². The number of pyridine rings is 1. The maximum Gasteiger partial charge on any atom is 0.184 e. The first-order chi connectivity index (χ1) is 11.7. The number of carbonyl (C=O) groups is 1. The molecule has 122 valence electrons. The summed E-state index contributed by atoms with van der Waals surface area (Å²) in [5.74, 6) is 0. The van der Waals surface area contributed by atoms with Gasteiger partial charge in [0.1, 0.15) is 11.2 Å². The van der Waals surface area contributed by atoms with Gasteiger partial charge in [0.2, 0.25) is 0 Å². The molecule has 1 aliphatic heterocycles. The summed E-state index contributed by atoms with van der Waals surface area (Å²) in [5.41, 5.74) is 3.72. The third-order valence-electron chi connectivity index (χ3n) is 4.40. The van der Waals surface area contributed by atoms with Crippen LogP contribution < -0.4 is 4.90 Å². The molecule has 0 N–H and O–H groups in total. The van der Waals surface area contributed by atoms with Crippen LogP contribution in [-0.4, -0.2) is 64.4 Å². The van der Waals surface area contributed by atoms with Crippen molar-refractivity contribution in [2.24, 2.45) is 0 Å². The molecule has 0 radical (unpaired) electrons. The van der Waals surface area contributed by atoms with Crippen molar-refractivity contribution >= 4 is 23.1 Å². The van der Waals surface area contributed by atoms with Crippen LogP contribution in [0.1, 0.15) is 10.5 Å². The summed E-state index contributed by atoms with van der Waals surface area (Å²) in [6.45, 7) is 4.22. The fraction of sp³-hybridized carbons (Fsp3) is 0.294. The van der Waals surface area contributed by atoms with Crippen molar-refractivity contribution in [3.63, 3.8) is 0 Å². The Kier molecular flexibility index (Phi) is 3.70. The Morgan fingerprint density at radius 3 is 2.38 bits per heavy atom. The second kappa shape index (κ2) is 6.01.